The standard InChI is InChI=1S/C24H28N4O3S2/c1-3-4-14-28(33(30,31)22-8-6-5-7-9-22)24-26-25-23(32-24)20-12-10-19(11-13-20)15-27-16-21(17-27)18(2)29/h5-13,21H,3-4,14-17H2,1-2H3. The Labute approximate surface area is 199 Å². The number of rotatable bonds is 10. The maximum absolute atomic E-state index is 13.3. The number of ketones is 1. The van der Waals surface area contributed by atoms with E-state index in [1.165, 1.54) is 21.2 Å². The molecule has 0 saturated carbocycles. The van der Waals surface area contributed by atoms with Crippen molar-refractivity contribution in [2.24, 2.45) is 5.92 Å². The maximum atomic E-state index is 13.3. The van der Waals surface area contributed by atoms with Gasteiger partial charge in [0.15, 0.2) is 0 Å². The van der Waals surface area contributed by atoms with Crippen LogP contribution >= 0.6 is 11.3 Å². The molecule has 1 aromatic heterocycles. The van der Waals surface area contributed by atoms with Gasteiger partial charge in [-0.1, -0.05) is 67.1 Å². The number of anilines is 1. The number of unbranched alkanes of at least 4 members (excludes halogenated alkanes) is 1. The normalized spacial score (nSPS) is 14.7. The summed E-state index contributed by atoms with van der Waals surface area (Å²) in [5, 5.41) is 9.57. The van der Waals surface area contributed by atoms with Crippen molar-refractivity contribution in [3.8, 4) is 10.6 Å². The minimum absolute atomic E-state index is 0.173. The molecule has 2 heterocycles. The third-order valence-electron chi connectivity index (χ3n) is 5.81. The molecule has 0 N–H and O–H groups in total. The number of carbonyl (C=O) groups excluding carboxylic acids is 1. The molecule has 1 aliphatic rings. The highest BCUT2D eigenvalue weighted by Gasteiger charge is 2.30. The van der Waals surface area contributed by atoms with Crippen LogP contribution in [0, 0.1) is 5.92 Å². The second-order valence-corrected chi connectivity index (χ2v) is 11.2. The maximum Gasteiger partial charge on any atom is 0.266 e. The number of carbonyl (C=O) groups is 1. The van der Waals surface area contributed by atoms with Crippen LogP contribution in [-0.2, 0) is 21.4 Å². The third-order valence-corrected chi connectivity index (χ3v) is 8.73. The van der Waals surface area contributed by atoms with E-state index in [2.05, 4.69) is 15.1 Å². The number of likely N-dealkylation sites (tertiary alicyclic amines) is 1. The number of benzene rings is 2. The second-order valence-electron chi connectivity index (χ2n) is 8.33. The smallest absolute Gasteiger partial charge is 0.266 e. The summed E-state index contributed by atoms with van der Waals surface area (Å²) in [4.78, 5) is 13.9. The summed E-state index contributed by atoms with van der Waals surface area (Å²) in [5.74, 6) is 0.433. The Morgan fingerprint density at radius 2 is 1.79 bits per heavy atom. The Morgan fingerprint density at radius 1 is 1.09 bits per heavy atom. The van der Waals surface area contributed by atoms with Gasteiger partial charge in [0.1, 0.15) is 10.8 Å². The lowest BCUT2D eigenvalue weighted by atomic mass is 9.95. The quantitative estimate of drug-likeness (QED) is 0.428. The van der Waals surface area contributed by atoms with Crippen LogP contribution in [0.25, 0.3) is 10.6 Å². The minimum atomic E-state index is -3.71. The summed E-state index contributed by atoms with van der Waals surface area (Å²) in [6.45, 7) is 6.49. The first kappa shape index (κ1) is 23.5. The van der Waals surface area contributed by atoms with Gasteiger partial charge in [-0.25, -0.2) is 12.7 Å². The SMILES string of the molecule is CCCCN(c1nnc(-c2ccc(CN3CC(C(C)=O)C3)cc2)s1)S(=O)(=O)c1ccccc1. The second kappa shape index (κ2) is 10.1. The van der Waals surface area contributed by atoms with Crippen molar-refractivity contribution in [3.05, 3.63) is 60.2 Å². The number of hydrogen-bond acceptors (Lipinski definition) is 7. The van der Waals surface area contributed by atoms with Gasteiger partial charge in [-0.3, -0.25) is 9.69 Å². The van der Waals surface area contributed by atoms with Crippen molar-refractivity contribution in [1.29, 1.82) is 0 Å². The lowest BCUT2D eigenvalue weighted by Crippen LogP contribution is -2.48. The van der Waals surface area contributed by atoms with Crippen LogP contribution in [0.15, 0.2) is 59.5 Å². The molecule has 1 aliphatic heterocycles. The van der Waals surface area contributed by atoms with Crippen molar-refractivity contribution in [1.82, 2.24) is 15.1 Å². The summed E-state index contributed by atoms with van der Waals surface area (Å²) in [7, 11) is -3.71. The zero-order chi connectivity index (χ0) is 23.4. The fraction of sp³-hybridized carbons (Fsp3) is 0.375. The van der Waals surface area contributed by atoms with Crippen molar-refractivity contribution in [2.75, 3.05) is 23.9 Å². The van der Waals surface area contributed by atoms with E-state index in [4.69, 9.17) is 0 Å². The average Bonchev–Trinajstić information content (AvgIpc) is 3.26. The van der Waals surface area contributed by atoms with Crippen molar-refractivity contribution >= 4 is 32.3 Å². The minimum Gasteiger partial charge on any atom is -0.300 e. The van der Waals surface area contributed by atoms with E-state index in [1.54, 1.807) is 37.3 Å². The lowest BCUT2D eigenvalue weighted by molar-refractivity contribution is -0.126. The molecule has 7 nitrogen and oxygen atoms in total. The molecule has 0 atom stereocenters. The Kier molecular flexibility index (Phi) is 7.21. The Balaban J connectivity index is 1.50. The fourth-order valence-electron chi connectivity index (χ4n) is 3.74. The van der Waals surface area contributed by atoms with Crippen LogP contribution in [0.4, 0.5) is 5.13 Å². The van der Waals surface area contributed by atoms with Gasteiger partial charge in [0.05, 0.1) is 4.90 Å². The first-order valence-corrected chi connectivity index (χ1v) is 13.4. The summed E-state index contributed by atoms with van der Waals surface area (Å²) < 4.78 is 27.9. The fourth-order valence-corrected chi connectivity index (χ4v) is 6.30. The van der Waals surface area contributed by atoms with E-state index in [0.717, 1.165) is 38.0 Å². The van der Waals surface area contributed by atoms with E-state index in [1.807, 2.05) is 31.2 Å². The molecule has 0 unspecified atom stereocenters. The monoisotopic (exact) mass is 484 g/mol. The van der Waals surface area contributed by atoms with Crippen LogP contribution in [0.5, 0.6) is 0 Å². The highest BCUT2D eigenvalue weighted by atomic mass is 32.2. The van der Waals surface area contributed by atoms with Gasteiger partial charge in [0, 0.05) is 37.7 Å². The van der Waals surface area contributed by atoms with Gasteiger partial charge in [-0.2, -0.15) is 0 Å². The van der Waals surface area contributed by atoms with Crippen molar-refractivity contribution < 1.29 is 13.2 Å². The van der Waals surface area contributed by atoms with Gasteiger partial charge >= 0.3 is 0 Å². The van der Waals surface area contributed by atoms with Crippen LogP contribution in [0.1, 0.15) is 32.3 Å². The van der Waals surface area contributed by atoms with Crippen LogP contribution in [0.3, 0.4) is 0 Å². The van der Waals surface area contributed by atoms with Crippen LogP contribution in [0.2, 0.25) is 0 Å². The Bertz CT molecular complexity index is 1190. The molecule has 33 heavy (non-hydrogen) atoms. The Hall–Kier alpha value is -2.62. The third kappa shape index (κ3) is 5.31. The van der Waals surface area contributed by atoms with Crippen LogP contribution < -0.4 is 4.31 Å². The number of aromatic nitrogens is 2. The molecule has 0 spiro atoms. The molecular weight excluding hydrogens is 456 g/mol. The first-order chi connectivity index (χ1) is 15.9. The molecule has 0 bridgehead atoms. The van der Waals surface area contributed by atoms with Gasteiger partial charge < -0.3 is 0 Å². The zero-order valence-electron chi connectivity index (χ0n) is 18.8. The van der Waals surface area contributed by atoms with Gasteiger partial charge in [-0.15, -0.1) is 10.2 Å². The number of Topliss-reactive ketones (excluding diaryl/α,β-unsaturated/α-hetero) is 1. The molecular formula is C24H28N4O3S2. The van der Waals surface area contributed by atoms with Gasteiger partial charge in [0.25, 0.3) is 10.0 Å². The highest BCUT2D eigenvalue weighted by Crippen LogP contribution is 2.32. The lowest BCUT2D eigenvalue weighted by Gasteiger charge is -2.37. The van der Waals surface area contributed by atoms with E-state index in [9.17, 15) is 13.2 Å². The molecule has 3 aromatic rings. The van der Waals surface area contributed by atoms with Crippen LogP contribution in [-0.4, -0.2) is 48.9 Å². The molecule has 9 heteroatoms. The van der Waals surface area contributed by atoms with E-state index < -0.39 is 10.0 Å². The molecule has 0 aliphatic carbocycles. The predicted octanol–water partition coefficient (Wildman–Crippen LogP) is 4.22. The van der Waals surface area contributed by atoms with E-state index >= 15 is 0 Å². The molecule has 0 amide bonds. The Morgan fingerprint density at radius 3 is 2.42 bits per heavy atom. The molecule has 2 aromatic carbocycles. The number of sulfonamides is 1. The molecule has 1 fully saturated rings. The molecule has 0 radical (unpaired) electrons. The molecule has 1 saturated heterocycles. The first-order valence-electron chi connectivity index (χ1n) is 11.1. The molecule has 174 valence electrons. The average molecular weight is 485 g/mol. The van der Waals surface area contributed by atoms with E-state index in [0.29, 0.717) is 16.7 Å². The van der Waals surface area contributed by atoms with Gasteiger partial charge in [-0.05, 0) is 31.0 Å². The number of hydrogen-bond donors (Lipinski definition) is 0. The summed E-state index contributed by atoms with van der Waals surface area (Å²) >= 11 is 1.28. The predicted molar refractivity (Wildman–Crippen MR) is 131 cm³/mol. The number of nitrogens with zero attached hydrogens (tertiary/aromatic N) is 4. The summed E-state index contributed by atoms with van der Waals surface area (Å²) in [5.41, 5.74) is 2.07. The zero-order valence-corrected chi connectivity index (χ0v) is 20.5. The van der Waals surface area contributed by atoms with Crippen molar-refractivity contribution in [3.63, 3.8) is 0 Å². The topological polar surface area (TPSA) is 83.5 Å². The molecule has 4 rings (SSSR count). The largest absolute Gasteiger partial charge is 0.300 e. The highest BCUT2D eigenvalue weighted by molar-refractivity contribution is 7.93. The summed E-state index contributed by atoms with van der Waals surface area (Å²) in [6.07, 6.45) is 1.61. The van der Waals surface area contributed by atoms with Crippen molar-refractivity contribution in [2.45, 2.75) is 38.1 Å². The van der Waals surface area contributed by atoms with E-state index in [-0.39, 0.29) is 16.6 Å². The summed E-state index contributed by atoms with van der Waals surface area (Å²) in [6, 6.07) is 16.5. The van der Waals surface area contributed by atoms with Gasteiger partial charge in [0.2, 0.25) is 5.13 Å².